The van der Waals surface area contributed by atoms with E-state index in [0.29, 0.717) is 31.0 Å². The minimum absolute atomic E-state index is 0.0317. The average molecular weight is 397 g/mol. The fraction of sp³-hybridized carbons (Fsp3) is 0.381. The normalized spacial score (nSPS) is 13.8. The van der Waals surface area contributed by atoms with Gasteiger partial charge in [-0.05, 0) is 49.7 Å². The summed E-state index contributed by atoms with van der Waals surface area (Å²) in [5, 5.41) is 8.40. The lowest BCUT2D eigenvalue weighted by molar-refractivity contribution is 0.0951. The van der Waals surface area contributed by atoms with Gasteiger partial charge in [0.25, 0.3) is 5.91 Å². The Morgan fingerprint density at radius 3 is 2.72 bits per heavy atom. The summed E-state index contributed by atoms with van der Waals surface area (Å²) >= 11 is 0. The summed E-state index contributed by atoms with van der Waals surface area (Å²) in [4.78, 5) is 31.0. The second-order valence-electron chi connectivity index (χ2n) is 7.14. The Hall–Kier alpha value is -3.13. The van der Waals surface area contributed by atoms with Crippen LogP contribution in [0.2, 0.25) is 0 Å². The Morgan fingerprint density at radius 1 is 1.17 bits per heavy atom. The molecule has 0 bridgehead atoms. The van der Waals surface area contributed by atoms with E-state index in [1.807, 2.05) is 26.0 Å². The number of amides is 3. The molecule has 1 saturated heterocycles. The maximum absolute atomic E-state index is 12.5. The van der Waals surface area contributed by atoms with Crippen molar-refractivity contribution in [2.75, 3.05) is 36.5 Å². The maximum atomic E-state index is 12.5. The van der Waals surface area contributed by atoms with Crippen LogP contribution < -0.4 is 20.9 Å². The molecule has 8 nitrogen and oxygen atoms in total. The minimum Gasteiger partial charge on any atom is -0.378 e. The van der Waals surface area contributed by atoms with Crippen LogP contribution in [0.4, 0.5) is 16.3 Å². The van der Waals surface area contributed by atoms with E-state index >= 15 is 0 Å². The highest BCUT2D eigenvalue weighted by atomic mass is 16.5. The second kappa shape index (κ2) is 9.88. The van der Waals surface area contributed by atoms with E-state index in [1.165, 1.54) is 0 Å². The van der Waals surface area contributed by atoms with Crippen LogP contribution in [0.5, 0.6) is 0 Å². The van der Waals surface area contributed by atoms with Gasteiger partial charge in [-0.3, -0.25) is 4.79 Å². The van der Waals surface area contributed by atoms with Crippen molar-refractivity contribution in [3.63, 3.8) is 0 Å². The molecule has 29 heavy (non-hydrogen) atoms. The average Bonchev–Trinajstić information content (AvgIpc) is 2.72. The van der Waals surface area contributed by atoms with Gasteiger partial charge < -0.3 is 25.6 Å². The molecule has 1 aromatic carbocycles. The fourth-order valence-electron chi connectivity index (χ4n) is 2.99. The van der Waals surface area contributed by atoms with E-state index in [4.69, 9.17) is 4.74 Å². The highest BCUT2D eigenvalue weighted by Gasteiger charge is 2.13. The second-order valence-corrected chi connectivity index (χ2v) is 7.14. The number of nitrogens with one attached hydrogen (secondary N) is 3. The molecule has 1 fully saturated rings. The van der Waals surface area contributed by atoms with Crippen LogP contribution in [0.15, 0.2) is 42.6 Å². The van der Waals surface area contributed by atoms with Crippen molar-refractivity contribution in [3.8, 4) is 0 Å². The Kier molecular flexibility index (Phi) is 7.02. The first-order chi connectivity index (χ1) is 14.0. The van der Waals surface area contributed by atoms with Gasteiger partial charge in [0.1, 0.15) is 5.82 Å². The van der Waals surface area contributed by atoms with Crippen LogP contribution >= 0.6 is 0 Å². The Balaban J connectivity index is 1.58. The quantitative estimate of drug-likeness (QED) is 0.696. The van der Waals surface area contributed by atoms with E-state index in [2.05, 4.69) is 25.8 Å². The molecule has 0 atom stereocenters. The zero-order chi connectivity index (χ0) is 20.6. The minimum atomic E-state index is -0.301. The molecule has 3 N–H and O–H groups in total. The maximum Gasteiger partial charge on any atom is 0.319 e. The molecule has 0 aliphatic carbocycles. The number of carbonyl (C=O) groups is 2. The van der Waals surface area contributed by atoms with Crippen LogP contribution in [0.25, 0.3) is 0 Å². The molecule has 2 aromatic rings. The molecule has 154 valence electrons. The molecule has 0 spiro atoms. The number of carbonyl (C=O) groups excluding carboxylic acids is 2. The summed E-state index contributed by atoms with van der Waals surface area (Å²) in [5.74, 6) is 0.685. The van der Waals surface area contributed by atoms with Gasteiger partial charge in [0, 0.05) is 43.1 Å². The molecular formula is C21H27N5O3. The number of hydrogen-bond donors (Lipinski definition) is 3. The van der Waals surface area contributed by atoms with E-state index < -0.39 is 0 Å². The number of aromatic nitrogens is 1. The first-order valence-corrected chi connectivity index (χ1v) is 9.74. The lowest BCUT2D eigenvalue weighted by atomic mass is 10.1. The summed E-state index contributed by atoms with van der Waals surface area (Å²) in [7, 11) is 0. The van der Waals surface area contributed by atoms with Gasteiger partial charge in [-0.15, -0.1) is 0 Å². The standard InChI is InChI=1S/C21H27N5O3/c1-15(2)24-21(28)25-18-5-3-4-17(13-18)20(27)23-14-16-6-7-22-19(12-16)26-8-10-29-11-9-26/h3-7,12-13,15H,8-11,14H2,1-2H3,(H,23,27)(H2,24,25,28). The summed E-state index contributed by atoms with van der Waals surface area (Å²) < 4.78 is 5.38. The predicted molar refractivity (Wildman–Crippen MR) is 112 cm³/mol. The summed E-state index contributed by atoms with van der Waals surface area (Å²) in [6, 6.07) is 10.5. The number of anilines is 2. The number of urea groups is 1. The van der Waals surface area contributed by atoms with Gasteiger partial charge in [0.15, 0.2) is 0 Å². The van der Waals surface area contributed by atoms with Gasteiger partial charge in [0.05, 0.1) is 13.2 Å². The Labute approximate surface area is 170 Å². The number of hydrogen-bond acceptors (Lipinski definition) is 5. The first kappa shape index (κ1) is 20.6. The van der Waals surface area contributed by atoms with Gasteiger partial charge in [-0.2, -0.15) is 0 Å². The van der Waals surface area contributed by atoms with Crippen LogP contribution in [0.3, 0.4) is 0 Å². The molecule has 1 aromatic heterocycles. The molecule has 0 radical (unpaired) electrons. The van der Waals surface area contributed by atoms with E-state index in [0.717, 1.165) is 24.5 Å². The third-order valence-electron chi connectivity index (χ3n) is 4.40. The first-order valence-electron chi connectivity index (χ1n) is 9.74. The van der Waals surface area contributed by atoms with Crippen molar-refractivity contribution in [2.45, 2.75) is 26.4 Å². The van der Waals surface area contributed by atoms with Crippen LogP contribution in [-0.4, -0.2) is 49.3 Å². The van der Waals surface area contributed by atoms with Crippen molar-refractivity contribution in [1.82, 2.24) is 15.6 Å². The zero-order valence-electron chi connectivity index (χ0n) is 16.8. The van der Waals surface area contributed by atoms with Crippen molar-refractivity contribution in [3.05, 3.63) is 53.7 Å². The smallest absolute Gasteiger partial charge is 0.319 e. The number of morpholine rings is 1. The molecule has 0 unspecified atom stereocenters. The third kappa shape index (κ3) is 6.18. The molecule has 8 heteroatoms. The fourth-order valence-corrected chi connectivity index (χ4v) is 2.99. The van der Waals surface area contributed by atoms with Crippen LogP contribution in [0, 0.1) is 0 Å². The number of rotatable bonds is 6. The highest BCUT2D eigenvalue weighted by molar-refractivity contribution is 5.96. The van der Waals surface area contributed by atoms with Crippen molar-refractivity contribution >= 4 is 23.4 Å². The molecule has 0 saturated carbocycles. The number of ether oxygens (including phenoxy) is 1. The lowest BCUT2D eigenvalue weighted by Crippen LogP contribution is -2.36. The van der Waals surface area contributed by atoms with Gasteiger partial charge in [0.2, 0.25) is 0 Å². The summed E-state index contributed by atoms with van der Waals surface area (Å²) in [6.45, 7) is 7.18. The van der Waals surface area contributed by atoms with Crippen molar-refractivity contribution in [1.29, 1.82) is 0 Å². The molecule has 3 rings (SSSR count). The Bertz CT molecular complexity index is 850. The van der Waals surface area contributed by atoms with Gasteiger partial charge >= 0.3 is 6.03 Å². The van der Waals surface area contributed by atoms with E-state index in [1.54, 1.807) is 30.5 Å². The monoisotopic (exact) mass is 397 g/mol. The molecule has 1 aliphatic heterocycles. The van der Waals surface area contributed by atoms with Gasteiger partial charge in [-0.25, -0.2) is 9.78 Å². The topological polar surface area (TPSA) is 95.6 Å². The lowest BCUT2D eigenvalue weighted by Gasteiger charge is -2.28. The number of nitrogens with zero attached hydrogens (tertiary/aromatic N) is 2. The van der Waals surface area contributed by atoms with Crippen molar-refractivity contribution in [2.24, 2.45) is 0 Å². The van der Waals surface area contributed by atoms with Gasteiger partial charge in [-0.1, -0.05) is 6.07 Å². The third-order valence-corrected chi connectivity index (χ3v) is 4.40. The van der Waals surface area contributed by atoms with E-state index in [-0.39, 0.29) is 18.0 Å². The largest absolute Gasteiger partial charge is 0.378 e. The van der Waals surface area contributed by atoms with Crippen LogP contribution in [-0.2, 0) is 11.3 Å². The summed E-state index contributed by atoms with van der Waals surface area (Å²) in [6.07, 6.45) is 1.75. The van der Waals surface area contributed by atoms with Crippen molar-refractivity contribution < 1.29 is 14.3 Å². The van der Waals surface area contributed by atoms with Crippen LogP contribution in [0.1, 0.15) is 29.8 Å². The number of benzene rings is 1. The number of pyridine rings is 1. The molecular weight excluding hydrogens is 370 g/mol. The zero-order valence-corrected chi connectivity index (χ0v) is 16.8. The van der Waals surface area contributed by atoms with E-state index in [9.17, 15) is 9.59 Å². The molecule has 2 heterocycles. The Morgan fingerprint density at radius 2 is 1.97 bits per heavy atom. The SMILES string of the molecule is CC(C)NC(=O)Nc1cccc(C(=O)NCc2ccnc(N3CCOCC3)c2)c1. The predicted octanol–water partition coefficient (Wildman–Crippen LogP) is 2.38. The molecule has 3 amide bonds. The summed E-state index contributed by atoms with van der Waals surface area (Å²) in [5.41, 5.74) is 2.02. The highest BCUT2D eigenvalue weighted by Crippen LogP contribution is 2.15. The molecule has 1 aliphatic rings.